The van der Waals surface area contributed by atoms with E-state index in [4.69, 9.17) is 32.2 Å². The summed E-state index contributed by atoms with van der Waals surface area (Å²) in [5.41, 5.74) is -1.21. The fraction of sp³-hybridized carbons (Fsp3) is 0.545. The second-order valence-corrected chi connectivity index (χ2v) is 10.2. The minimum Gasteiger partial charge on any atom is -0.462 e. The van der Waals surface area contributed by atoms with Crippen molar-refractivity contribution >= 4 is 32.8 Å². The molecule has 12 nitrogen and oxygen atoms in total. The Kier molecular flexibility index (Phi) is 15.9. The molecule has 1 N–H and O–H groups in total. The van der Waals surface area contributed by atoms with Crippen LogP contribution in [0.3, 0.4) is 0 Å². The van der Waals surface area contributed by atoms with Crippen LogP contribution >= 0.6 is 0 Å². The standard InChI is InChI=1S/C22H35NO11Si/c1-7-18(24)32-15-22(16-33-19(25)8-2,17-34-20(26)9-3)11-13-31-21(27)23-12-10-14-35(28-4,29-5)30-6/h7-9H,1-3,10-17H2,4-6H3,(H,23,27). The Bertz CT molecular complexity index is 669. The number of esters is 3. The van der Waals surface area contributed by atoms with Crippen molar-refractivity contribution in [2.75, 3.05) is 54.3 Å². The Morgan fingerprint density at radius 1 is 0.771 bits per heavy atom. The first kappa shape index (κ1) is 32.0. The molecule has 198 valence electrons. The molecule has 0 bridgehead atoms. The third-order valence-corrected chi connectivity index (χ3v) is 7.62. The first-order chi connectivity index (χ1) is 16.6. The van der Waals surface area contributed by atoms with Gasteiger partial charge in [0, 0.05) is 52.1 Å². The molecule has 0 rings (SSSR count). The Morgan fingerprint density at radius 2 is 1.20 bits per heavy atom. The highest BCUT2D eigenvalue weighted by Gasteiger charge is 2.37. The molecule has 0 fully saturated rings. The molecule has 35 heavy (non-hydrogen) atoms. The van der Waals surface area contributed by atoms with Gasteiger partial charge in [-0.3, -0.25) is 0 Å². The van der Waals surface area contributed by atoms with Crippen LogP contribution in [-0.4, -0.2) is 87.1 Å². The highest BCUT2D eigenvalue weighted by atomic mass is 28.4. The summed E-state index contributed by atoms with van der Waals surface area (Å²) in [6.45, 7) is 9.14. The summed E-state index contributed by atoms with van der Waals surface area (Å²) in [6, 6.07) is 0.484. The monoisotopic (exact) mass is 517 g/mol. The zero-order chi connectivity index (χ0) is 26.7. The summed E-state index contributed by atoms with van der Waals surface area (Å²) in [5.74, 6) is -2.21. The number of hydrogen-bond donors (Lipinski definition) is 1. The van der Waals surface area contributed by atoms with E-state index in [2.05, 4.69) is 25.1 Å². The first-order valence-corrected chi connectivity index (χ1v) is 12.5. The molecule has 0 aromatic heterocycles. The van der Waals surface area contributed by atoms with Crippen LogP contribution in [0.25, 0.3) is 0 Å². The molecule has 0 aliphatic carbocycles. The van der Waals surface area contributed by atoms with Crippen LogP contribution in [0, 0.1) is 5.41 Å². The maximum Gasteiger partial charge on any atom is 0.500 e. The van der Waals surface area contributed by atoms with E-state index in [0.29, 0.717) is 12.5 Å². The third kappa shape index (κ3) is 12.9. The highest BCUT2D eigenvalue weighted by molar-refractivity contribution is 6.60. The molecule has 0 aliphatic rings. The van der Waals surface area contributed by atoms with Crippen LogP contribution in [0.1, 0.15) is 12.8 Å². The number of hydrogen-bond acceptors (Lipinski definition) is 11. The zero-order valence-corrected chi connectivity index (χ0v) is 21.5. The second kappa shape index (κ2) is 17.4. The summed E-state index contributed by atoms with van der Waals surface area (Å²) in [6.07, 6.45) is 2.70. The van der Waals surface area contributed by atoms with Crippen molar-refractivity contribution in [3.8, 4) is 0 Å². The van der Waals surface area contributed by atoms with E-state index in [1.807, 2.05) is 0 Å². The lowest BCUT2D eigenvalue weighted by Crippen LogP contribution is -2.43. The van der Waals surface area contributed by atoms with Crippen LogP contribution in [0.2, 0.25) is 6.04 Å². The van der Waals surface area contributed by atoms with Gasteiger partial charge in [0.25, 0.3) is 0 Å². The quantitative estimate of drug-likeness (QED) is 0.0875. The zero-order valence-electron chi connectivity index (χ0n) is 20.5. The SMILES string of the molecule is C=CC(=O)OCC(CCOC(=O)NCCC[Si](OC)(OC)OC)(COC(=O)C=C)COC(=O)C=C. The Balaban J connectivity index is 5.06. The highest BCUT2D eigenvalue weighted by Crippen LogP contribution is 2.25. The van der Waals surface area contributed by atoms with Crippen LogP contribution < -0.4 is 5.32 Å². The first-order valence-electron chi connectivity index (χ1n) is 10.6. The minimum absolute atomic E-state index is 0.0206. The maximum absolute atomic E-state index is 12.1. The molecular formula is C22H35NO11Si. The number of carbonyl (C=O) groups is 4. The molecule has 0 aliphatic heterocycles. The van der Waals surface area contributed by atoms with E-state index in [1.54, 1.807) is 0 Å². The molecule has 0 radical (unpaired) electrons. The molecule has 0 saturated heterocycles. The molecule has 0 aromatic carbocycles. The van der Waals surface area contributed by atoms with Gasteiger partial charge in [0.15, 0.2) is 0 Å². The number of nitrogens with one attached hydrogen (secondary N) is 1. The van der Waals surface area contributed by atoms with Crippen molar-refractivity contribution in [3.63, 3.8) is 0 Å². The van der Waals surface area contributed by atoms with Crippen molar-refractivity contribution in [1.82, 2.24) is 5.32 Å². The number of alkyl carbamates (subject to hydrolysis) is 1. The molecular weight excluding hydrogens is 482 g/mol. The number of amides is 1. The van der Waals surface area contributed by atoms with Gasteiger partial charge in [0.2, 0.25) is 0 Å². The van der Waals surface area contributed by atoms with Gasteiger partial charge in [-0.15, -0.1) is 0 Å². The molecule has 0 heterocycles. The van der Waals surface area contributed by atoms with Crippen molar-refractivity contribution < 1.29 is 51.4 Å². The van der Waals surface area contributed by atoms with Gasteiger partial charge in [-0.2, -0.15) is 0 Å². The van der Waals surface area contributed by atoms with Gasteiger partial charge in [0.1, 0.15) is 19.8 Å². The Morgan fingerprint density at radius 3 is 1.57 bits per heavy atom. The van der Waals surface area contributed by atoms with Gasteiger partial charge < -0.3 is 37.5 Å². The van der Waals surface area contributed by atoms with E-state index in [-0.39, 0.29) is 39.4 Å². The van der Waals surface area contributed by atoms with Crippen LogP contribution in [0.4, 0.5) is 4.79 Å². The van der Waals surface area contributed by atoms with Crippen molar-refractivity contribution in [3.05, 3.63) is 38.0 Å². The minimum atomic E-state index is -2.74. The number of rotatable bonds is 19. The number of carbonyl (C=O) groups excluding carboxylic acids is 4. The van der Waals surface area contributed by atoms with Crippen molar-refractivity contribution in [2.45, 2.75) is 18.9 Å². The molecule has 13 heteroatoms. The van der Waals surface area contributed by atoms with Gasteiger partial charge in [-0.1, -0.05) is 19.7 Å². The van der Waals surface area contributed by atoms with Crippen LogP contribution in [-0.2, 0) is 46.6 Å². The van der Waals surface area contributed by atoms with Gasteiger partial charge >= 0.3 is 32.8 Å². The van der Waals surface area contributed by atoms with E-state index in [9.17, 15) is 19.2 Å². The van der Waals surface area contributed by atoms with E-state index >= 15 is 0 Å². The lowest BCUT2D eigenvalue weighted by Gasteiger charge is -2.31. The second-order valence-electron chi connectivity index (χ2n) is 7.15. The molecule has 0 aromatic rings. The van der Waals surface area contributed by atoms with Crippen LogP contribution in [0.15, 0.2) is 38.0 Å². The summed E-state index contributed by atoms with van der Waals surface area (Å²) in [5, 5.41) is 2.59. The van der Waals surface area contributed by atoms with E-state index in [0.717, 1.165) is 18.2 Å². The summed E-state index contributed by atoms with van der Waals surface area (Å²) >= 11 is 0. The third-order valence-electron chi connectivity index (χ3n) is 4.79. The van der Waals surface area contributed by atoms with E-state index in [1.165, 1.54) is 21.3 Å². The number of ether oxygens (including phenoxy) is 4. The molecule has 0 atom stereocenters. The van der Waals surface area contributed by atoms with Gasteiger partial charge in [0.05, 0.1) is 12.0 Å². The molecule has 0 saturated carbocycles. The lowest BCUT2D eigenvalue weighted by atomic mass is 9.87. The molecule has 0 spiro atoms. The average molecular weight is 518 g/mol. The normalized spacial score (nSPS) is 11.1. The molecule has 0 unspecified atom stereocenters. The van der Waals surface area contributed by atoms with Crippen molar-refractivity contribution in [2.24, 2.45) is 5.41 Å². The molecule has 1 amide bonds. The topological polar surface area (TPSA) is 145 Å². The Hall–Kier alpha value is -3.00. The predicted molar refractivity (Wildman–Crippen MR) is 126 cm³/mol. The lowest BCUT2D eigenvalue weighted by molar-refractivity contribution is -0.157. The van der Waals surface area contributed by atoms with Crippen molar-refractivity contribution in [1.29, 1.82) is 0 Å². The summed E-state index contributed by atoms with van der Waals surface area (Å²) < 4.78 is 36.5. The fourth-order valence-corrected chi connectivity index (χ4v) is 4.38. The Labute approximate surface area is 206 Å². The predicted octanol–water partition coefficient (Wildman–Crippen LogP) is 1.54. The van der Waals surface area contributed by atoms with E-state index < -0.39 is 38.2 Å². The van der Waals surface area contributed by atoms with Gasteiger partial charge in [-0.25, -0.2) is 19.2 Å². The maximum atomic E-state index is 12.1. The smallest absolute Gasteiger partial charge is 0.462 e. The van der Waals surface area contributed by atoms with Crippen LogP contribution in [0.5, 0.6) is 0 Å². The van der Waals surface area contributed by atoms with Gasteiger partial charge in [-0.05, 0) is 12.8 Å². The summed E-state index contributed by atoms with van der Waals surface area (Å²) in [7, 11) is 1.75. The fourth-order valence-electron chi connectivity index (χ4n) is 2.65. The average Bonchev–Trinajstić information content (AvgIpc) is 2.88. The summed E-state index contributed by atoms with van der Waals surface area (Å²) in [4.78, 5) is 46.9. The largest absolute Gasteiger partial charge is 0.500 e.